The van der Waals surface area contributed by atoms with Crippen molar-refractivity contribution in [2.75, 3.05) is 0 Å². The molecular formula is C15H19F3. The van der Waals surface area contributed by atoms with Crippen molar-refractivity contribution in [3.8, 4) is 0 Å². The molecule has 3 heteroatoms. The van der Waals surface area contributed by atoms with Gasteiger partial charge in [0.05, 0.1) is 5.56 Å². The highest BCUT2D eigenvalue weighted by atomic mass is 19.4. The van der Waals surface area contributed by atoms with Crippen LogP contribution >= 0.6 is 0 Å². The third-order valence-electron chi connectivity index (χ3n) is 3.20. The average Bonchev–Trinajstić information content (AvgIpc) is 2.34. The van der Waals surface area contributed by atoms with E-state index in [1.165, 1.54) is 0 Å². The first kappa shape index (κ1) is 14.8. The third-order valence-corrected chi connectivity index (χ3v) is 3.20. The lowest BCUT2D eigenvalue weighted by Crippen LogP contribution is -2.05. The molecule has 1 unspecified atom stereocenters. The molecule has 100 valence electrons. The molecule has 0 saturated heterocycles. The van der Waals surface area contributed by atoms with Gasteiger partial charge < -0.3 is 0 Å². The van der Waals surface area contributed by atoms with Crippen LogP contribution in [0, 0.1) is 5.92 Å². The number of benzene rings is 1. The average molecular weight is 256 g/mol. The van der Waals surface area contributed by atoms with Gasteiger partial charge in [0.2, 0.25) is 0 Å². The van der Waals surface area contributed by atoms with Crippen LogP contribution in [0.4, 0.5) is 13.2 Å². The Balaban J connectivity index is 2.56. The van der Waals surface area contributed by atoms with Gasteiger partial charge in [-0.3, -0.25) is 0 Å². The van der Waals surface area contributed by atoms with Crippen molar-refractivity contribution < 1.29 is 13.2 Å². The molecule has 0 nitrogen and oxygen atoms in total. The summed E-state index contributed by atoms with van der Waals surface area (Å²) in [5, 5.41) is 0. The van der Waals surface area contributed by atoms with Crippen molar-refractivity contribution in [1.29, 1.82) is 0 Å². The Morgan fingerprint density at radius 3 is 2.28 bits per heavy atom. The molecule has 1 rings (SSSR count). The van der Waals surface area contributed by atoms with Crippen molar-refractivity contribution in [3.63, 3.8) is 0 Å². The molecule has 0 aliphatic heterocycles. The summed E-state index contributed by atoms with van der Waals surface area (Å²) < 4.78 is 37.1. The summed E-state index contributed by atoms with van der Waals surface area (Å²) >= 11 is 0. The van der Waals surface area contributed by atoms with E-state index in [2.05, 4.69) is 13.5 Å². The zero-order valence-corrected chi connectivity index (χ0v) is 10.6. The van der Waals surface area contributed by atoms with Gasteiger partial charge in [-0.1, -0.05) is 31.6 Å². The first-order chi connectivity index (χ1) is 8.47. The summed E-state index contributed by atoms with van der Waals surface area (Å²) in [7, 11) is 0. The summed E-state index contributed by atoms with van der Waals surface area (Å²) in [5.41, 5.74) is 0.384. The number of hydrogen-bond donors (Lipinski definition) is 0. The van der Waals surface area contributed by atoms with Crippen molar-refractivity contribution in [2.24, 2.45) is 5.92 Å². The molecule has 0 aromatic heterocycles. The zero-order valence-electron chi connectivity index (χ0n) is 10.6. The lowest BCUT2D eigenvalue weighted by molar-refractivity contribution is -0.137. The molecule has 0 amide bonds. The van der Waals surface area contributed by atoms with Crippen molar-refractivity contribution in [1.82, 2.24) is 0 Å². The normalized spacial score (nSPS) is 13.3. The molecule has 1 aromatic rings. The summed E-state index contributed by atoms with van der Waals surface area (Å²) in [6.07, 6.45) is 1.52. The van der Waals surface area contributed by atoms with Crippen LogP contribution in [-0.2, 0) is 12.6 Å². The van der Waals surface area contributed by atoms with E-state index in [0.29, 0.717) is 5.92 Å². The monoisotopic (exact) mass is 256 g/mol. The fourth-order valence-corrected chi connectivity index (χ4v) is 1.96. The van der Waals surface area contributed by atoms with Crippen LogP contribution in [0.25, 0.3) is 0 Å². The number of aryl methyl sites for hydroxylation is 1. The Kier molecular flexibility index (Phi) is 5.45. The van der Waals surface area contributed by atoms with Crippen LogP contribution in [0.15, 0.2) is 36.9 Å². The van der Waals surface area contributed by atoms with Gasteiger partial charge in [0.25, 0.3) is 0 Å². The van der Waals surface area contributed by atoms with Gasteiger partial charge >= 0.3 is 6.18 Å². The molecule has 18 heavy (non-hydrogen) atoms. The molecule has 0 saturated carbocycles. The number of allylic oxidation sites excluding steroid dienone is 1. The molecule has 0 fully saturated rings. The molecule has 0 aliphatic carbocycles. The quantitative estimate of drug-likeness (QED) is 0.610. The van der Waals surface area contributed by atoms with Gasteiger partial charge in [-0.05, 0) is 42.9 Å². The Labute approximate surface area is 107 Å². The minimum absolute atomic E-state index is 0.574. The maximum Gasteiger partial charge on any atom is 0.416 e. The van der Waals surface area contributed by atoms with E-state index >= 15 is 0 Å². The highest BCUT2D eigenvalue weighted by Gasteiger charge is 2.29. The second-order valence-corrected chi connectivity index (χ2v) is 4.53. The fourth-order valence-electron chi connectivity index (χ4n) is 1.96. The Hall–Kier alpha value is -1.25. The van der Waals surface area contributed by atoms with E-state index in [1.54, 1.807) is 12.1 Å². The molecule has 1 atom stereocenters. The lowest BCUT2D eigenvalue weighted by Gasteiger charge is -2.12. The van der Waals surface area contributed by atoms with Gasteiger partial charge in [-0.2, -0.15) is 13.2 Å². The second kappa shape index (κ2) is 6.62. The van der Waals surface area contributed by atoms with Gasteiger partial charge in [0.1, 0.15) is 0 Å². The van der Waals surface area contributed by atoms with Crippen LogP contribution < -0.4 is 0 Å². The Morgan fingerprint density at radius 2 is 1.83 bits per heavy atom. The summed E-state index contributed by atoms with van der Waals surface area (Å²) in [5.74, 6) is 0.574. The maximum atomic E-state index is 12.4. The number of halogens is 3. The molecule has 0 N–H and O–H groups in total. The van der Waals surface area contributed by atoms with Crippen molar-refractivity contribution in [2.45, 2.75) is 38.8 Å². The summed E-state index contributed by atoms with van der Waals surface area (Å²) in [6, 6.07) is 5.46. The number of alkyl halides is 3. The minimum Gasteiger partial charge on any atom is -0.166 e. The van der Waals surface area contributed by atoms with E-state index < -0.39 is 11.7 Å². The first-order valence-corrected chi connectivity index (χ1v) is 6.24. The van der Waals surface area contributed by atoms with Gasteiger partial charge in [-0.25, -0.2) is 0 Å². The molecule has 1 aromatic carbocycles. The predicted molar refractivity (Wildman–Crippen MR) is 68.4 cm³/mol. The molecule has 0 bridgehead atoms. The van der Waals surface area contributed by atoms with E-state index in [-0.39, 0.29) is 0 Å². The minimum atomic E-state index is -4.24. The molecule has 0 aliphatic rings. The fraction of sp³-hybridized carbons (Fsp3) is 0.467. The van der Waals surface area contributed by atoms with E-state index in [4.69, 9.17) is 0 Å². The summed E-state index contributed by atoms with van der Waals surface area (Å²) in [6.45, 7) is 5.84. The smallest absolute Gasteiger partial charge is 0.166 e. The number of hydrogen-bond acceptors (Lipinski definition) is 0. The first-order valence-electron chi connectivity index (χ1n) is 6.24. The highest BCUT2D eigenvalue weighted by molar-refractivity contribution is 5.24. The molecular weight excluding hydrogens is 237 g/mol. The lowest BCUT2D eigenvalue weighted by atomic mass is 9.94. The van der Waals surface area contributed by atoms with Crippen LogP contribution in [0.5, 0.6) is 0 Å². The highest BCUT2D eigenvalue weighted by Crippen LogP contribution is 2.29. The SMILES string of the molecule is C=CCC(CC)CCc1ccc(C(F)(F)F)cc1. The number of rotatable bonds is 6. The van der Waals surface area contributed by atoms with Gasteiger partial charge in [0.15, 0.2) is 0 Å². The Bertz CT molecular complexity index is 362. The molecule has 0 spiro atoms. The van der Waals surface area contributed by atoms with Crippen molar-refractivity contribution in [3.05, 3.63) is 48.0 Å². The molecule has 0 heterocycles. The Morgan fingerprint density at radius 1 is 1.22 bits per heavy atom. The van der Waals surface area contributed by atoms with Crippen LogP contribution in [-0.4, -0.2) is 0 Å². The van der Waals surface area contributed by atoms with E-state index in [1.807, 2.05) is 6.08 Å². The topological polar surface area (TPSA) is 0 Å². The largest absolute Gasteiger partial charge is 0.416 e. The van der Waals surface area contributed by atoms with Gasteiger partial charge in [0, 0.05) is 0 Å². The summed E-state index contributed by atoms with van der Waals surface area (Å²) in [4.78, 5) is 0. The zero-order chi connectivity index (χ0) is 13.6. The third kappa shape index (κ3) is 4.55. The van der Waals surface area contributed by atoms with E-state index in [9.17, 15) is 13.2 Å². The maximum absolute atomic E-state index is 12.4. The van der Waals surface area contributed by atoms with Crippen molar-refractivity contribution >= 4 is 0 Å². The van der Waals surface area contributed by atoms with Crippen LogP contribution in [0.1, 0.15) is 37.3 Å². The van der Waals surface area contributed by atoms with E-state index in [0.717, 1.165) is 43.4 Å². The van der Waals surface area contributed by atoms with Gasteiger partial charge in [-0.15, -0.1) is 6.58 Å². The van der Waals surface area contributed by atoms with Crippen LogP contribution in [0.2, 0.25) is 0 Å². The second-order valence-electron chi connectivity index (χ2n) is 4.53. The molecule has 0 radical (unpaired) electrons. The standard InChI is InChI=1S/C15H19F3/c1-3-5-12(4-2)6-7-13-8-10-14(11-9-13)15(16,17)18/h3,8-12H,1,4-7H2,2H3. The van der Waals surface area contributed by atoms with Crippen LogP contribution in [0.3, 0.4) is 0 Å². The predicted octanol–water partition coefficient (Wildman–Crippen LogP) is 5.24.